The van der Waals surface area contributed by atoms with E-state index >= 15 is 0 Å². The molecule has 0 aromatic rings. The van der Waals surface area contributed by atoms with Gasteiger partial charge in [0.1, 0.15) is 11.5 Å². The molecule has 2 heterocycles. The van der Waals surface area contributed by atoms with Crippen LogP contribution in [-0.2, 0) is 19.1 Å². The van der Waals surface area contributed by atoms with Crippen LogP contribution in [0.15, 0.2) is 0 Å². The Kier molecular flexibility index (Phi) is 3.25. The third kappa shape index (κ3) is 2.17. The zero-order valence-corrected chi connectivity index (χ0v) is 10.1. The highest BCUT2D eigenvalue weighted by molar-refractivity contribution is 5.91. The van der Waals surface area contributed by atoms with E-state index in [1.807, 2.05) is 0 Å². The van der Waals surface area contributed by atoms with Crippen molar-refractivity contribution in [1.29, 1.82) is 0 Å². The molecule has 0 bridgehead atoms. The van der Waals surface area contributed by atoms with Gasteiger partial charge in [-0.15, -0.1) is 0 Å². The topological polar surface area (TPSA) is 105 Å². The van der Waals surface area contributed by atoms with Crippen molar-refractivity contribution in [2.75, 3.05) is 13.2 Å². The summed E-state index contributed by atoms with van der Waals surface area (Å²) in [6.45, 7) is 1.79. The number of hydrogen-bond acceptors (Lipinski definition) is 4. The molecule has 2 saturated heterocycles. The fraction of sp³-hybridized carbons (Fsp3) is 0.727. The van der Waals surface area contributed by atoms with Gasteiger partial charge in [0.25, 0.3) is 0 Å². The summed E-state index contributed by atoms with van der Waals surface area (Å²) in [4.78, 5) is 34.1. The lowest BCUT2D eigenvalue weighted by atomic mass is 9.85. The van der Waals surface area contributed by atoms with Gasteiger partial charge in [0.05, 0.1) is 19.3 Å². The molecule has 18 heavy (non-hydrogen) atoms. The number of carbonyl (C=O) groups excluding carboxylic acids is 2. The first kappa shape index (κ1) is 12.8. The Balaban J connectivity index is 1.98. The fourth-order valence-corrected chi connectivity index (χ4v) is 2.17. The highest BCUT2D eigenvalue weighted by Gasteiger charge is 2.48. The van der Waals surface area contributed by atoms with E-state index in [4.69, 9.17) is 9.84 Å². The number of carbonyl (C=O) groups is 3. The summed E-state index contributed by atoms with van der Waals surface area (Å²) in [5, 5.41) is 14.4. The monoisotopic (exact) mass is 256 g/mol. The van der Waals surface area contributed by atoms with Gasteiger partial charge < -0.3 is 20.5 Å². The van der Waals surface area contributed by atoms with Crippen molar-refractivity contribution in [2.24, 2.45) is 5.41 Å². The lowest BCUT2D eigenvalue weighted by molar-refractivity contribution is -0.149. The minimum atomic E-state index is -1.11. The average Bonchev–Trinajstić information content (AvgIpc) is 2.87. The predicted molar refractivity (Wildman–Crippen MR) is 59.7 cm³/mol. The molecule has 0 saturated carbocycles. The number of carboxylic acids is 1. The van der Waals surface area contributed by atoms with Gasteiger partial charge in [-0.1, -0.05) is 0 Å². The summed E-state index contributed by atoms with van der Waals surface area (Å²) >= 11 is 0. The lowest BCUT2D eigenvalue weighted by Gasteiger charge is -2.26. The molecule has 2 fully saturated rings. The van der Waals surface area contributed by atoms with Crippen LogP contribution < -0.4 is 10.6 Å². The Labute approximate surface area is 104 Å². The fourth-order valence-electron chi connectivity index (χ4n) is 2.17. The third-order valence-corrected chi connectivity index (χ3v) is 3.57. The van der Waals surface area contributed by atoms with Crippen molar-refractivity contribution in [3.8, 4) is 0 Å². The number of ether oxygens (including phenoxy) is 1. The summed E-state index contributed by atoms with van der Waals surface area (Å²) < 4.78 is 5.14. The minimum absolute atomic E-state index is 0.0737. The van der Waals surface area contributed by atoms with Crippen LogP contribution in [0.1, 0.15) is 19.8 Å². The summed E-state index contributed by atoms with van der Waals surface area (Å²) in [7, 11) is 0. The highest BCUT2D eigenvalue weighted by Crippen LogP contribution is 2.28. The van der Waals surface area contributed by atoms with Crippen molar-refractivity contribution in [1.82, 2.24) is 10.6 Å². The second kappa shape index (κ2) is 4.56. The van der Waals surface area contributed by atoms with E-state index < -0.39 is 23.5 Å². The molecule has 100 valence electrons. The van der Waals surface area contributed by atoms with E-state index in [2.05, 4.69) is 10.6 Å². The lowest BCUT2D eigenvalue weighted by Crippen LogP contribution is -2.53. The third-order valence-electron chi connectivity index (χ3n) is 3.57. The first-order valence-electron chi connectivity index (χ1n) is 5.84. The van der Waals surface area contributed by atoms with Crippen LogP contribution in [0.25, 0.3) is 0 Å². The second-order valence-corrected chi connectivity index (χ2v) is 4.96. The largest absolute Gasteiger partial charge is 0.481 e. The normalized spacial score (nSPS) is 35.3. The van der Waals surface area contributed by atoms with Gasteiger partial charge in [-0.05, 0) is 13.3 Å². The van der Waals surface area contributed by atoms with E-state index in [0.29, 0.717) is 12.8 Å². The Morgan fingerprint density at radius 2 is 2.28 bits per heavy atom. The molecule has 3 N–H and O–H groups in total. The van der Waals surface area contributed by atoms with Crippen LogP contribution in [0.4, 0.5) is 0 Å². The Bertz CT molecular complexity index is 397. The van der Waals surface area contributed by atoms with E-state index in [9.17, 15) is 14.4 Å². The molecule has 0 aliphatic carbocycles. The molecular formula is C11H16N2O5. The van der Waals surface area contributed by atoms with Crippen LogP contribution in [0.3, 0.4) is 0 Å². The number of rotatable bonds is 3. The summed E-state index contributed by atoms with van der Waals surface area (Å²) in [6, 6.07) is -1.13. The van der Waals surface area contributed by atoms with Gasteiger partial charge in [-0.25, -0.2) is 0 Å². The molecule has 0 spiro atoms. The molecule has 0 aromatic heterocycles. The first-order chi connectivity index (χ1) is 8.43. The zero-order valence-electron chi connectivity index (χ0n) is 10.1. The smallest absolute Gasteiger partial charge is 0.313 e. The number of hydrogen-bond donors (Lipinski definition) is 3. The molecule has 2 unspecified atom stereocenters. The van der Waals surface area contributed by atoms with E-state index in [1.165, 1.54) is 0 Å². The molecule has 3 atom stereocenters. The van der Waals surface area contributed by atoms with Gasteiger partial charge in [-0.2, -0.15) is 0 Å². The Morgan fingerprint density at radius 1 is 1.56 bits per heavy atom. The summed E-state index contributed by atoms with van der Waals surface area (Å²) in [6.07, 6.45) is 0.775. The maximum Gasteiger partial charge on any atom is 0.313 e. The molecule has 0 aromatic carbocycles. The van der Waals surface area contributed by atoms with Crippen molar-refractivity contribution < 1.29 is 24.2 Å². The first-order valence-corrected chi connectivity index (χ1v) is 5.84. The van der Waals surface area contributed by atoms with Gasteiger partial charge in [-0.3, -0.25) is 14.4 Å². The quantitative estimate of drug-likeness (QED) is 0.592. The molecule has 0 radical (unpaired) electrons. The van der Waals surface area contributed by atoms with Crippen molar-refractivity contribution >= 4 is 17.8 Å². The molecular weight excluding hydrogens is 240 g/mol. The molecule has 7 heteroatoms. The van der Waals surface area contributed by atoms with Gasteiger partial charge >= 0.3 is 5.97 Å². The maximum absolute atomic E-state index is 11.9. The molecule has 2 aliphatic heterocycles. The molecule has 2 rings (SSSR count). The van der Waals surface area contributed by atoms with Gasteiger partial charge in [0.2, 0.25) is 11.8 Å². The number of aliphatic carboxylic acids is 1. The number of carboxylic acid groups (broad SMARTS) is 1. The minimum Gasteiger partial charge on any atom is -0.481 e. The van der Waals surface area contributed by atoms with Crippen LogP contribution in [0, 0.1) is 5.41 Å². The highest BCUT2D eigenvalue weighted by atomic mass is 16.5. The predicted octanol–water partition coefficient (Wildman–Crippen LogP) is -1.13. The average molecular weight is 256 g/mol. The van der Waals surface area contributed by atoms with E-state index in [-0.39, 0.29) is 25.0 Å². The maximum atomic E-state index is 11.9. The summed E-state index contributed by atoms with van der Waals surface area (Å²) in [5.74, 6) is -1.50. The van der Waals surface area contributed by atoms with E-state index in [0.717, 1.165) is 0 Å². The van der Waals surface area contributed by atoms with Crippen LogP contribution >= 0.6 is 0 Å². The second-order valence-electron chi connectivity index (χ2n) is 4.96. The Hall–Kier alpha value is -1.63. The molecule has 2 amide bonds. The van der Waals surface area contributed by atoms with Crippen LogP contribution in [0.2, 0.25) is 0 Å². The number of nitrogens with one attached hydrogen (secondary N) is 2. The zero-order chi connectivity index (χ0) is 13.3. The SMILES string of the molecule is CC1(C(=O)O)COCC1NC(=O)[C@@H]1CCC(=O)N1. The van der Waals surface area contributed by atoms with E-state index in [1.54, 1.807) is 6.92 Å². The molecule has 7 nitrogen and oxygen atoms in total. The standard InChI is InChI=1S/C11H16N2O5/c1-11(10(16)17)5-18-4-7(11)13-9(15)6-2-3-8(14)12-6/h6-7H,2-5H2,1H3,(H,12,14)(H,13,15)(H,16,17)/t6-,7?,11?/m0/s1. The Morgan fingerprint density at radius 3 is 2.83 bits per heavy atom. The van der Waals surface area contributed by atoms with Gasteiger partial charge in [0.15, 0.2) is 0 Å². The van der Waals surface area contributed by atoms with Crippen molar-refractivity contribution in [3.05, 3.63) is 0 Å². The van der Waals surface area contributed by atoms with Gasteiger partial charge in [0, 0.05) is 6.42 Å². The van der Waals surface area contributed by atoms with Crippen LogP contribution in [0.5, 0.6) is 0 Å². The summed E-state index contributed by atoms with van der Waals surface area (Å²) in [5.41, 5.74) is -1.11. The molecule has 2 aliphatic rings. The number of amides is 2. The van der Waals surface area contributed by atoms with Crippen molar-refractivity contribution in [2.45, 2.75) is 31.8 Å². The van der Waals surface area contributed by atoms with Crippen LogP contribution in [-0.4, -0.2) is 48.2 Å². The van der Waals surface area contributed by atoms with Crippen molar-refractivity contribution in [3.63, 3.8) is 0 Å².